The molecule has 6 heteroatoms. The summed E-state index contributed by atoms with van der Waals surface area (Å²) in [4.78, 5) is 37.0. The number of carbonyl (C=O) groups is 2. The second-order valence-electron chi connectivity index (χ2n) is 9.80. The Kier molecular flexibility index (Phi) is 7.41. The molecule has 33 heavy (non-hydrogen) atoms. The quantitative estimate of drug-likeness (QED) is 0.726. The van der Waals surface area contributed by atoms with Crippen molar-refractivity contribution in [3.05, 3.63) is 58.2 Å². The molecule has 0 bridgehead atoms. The first kappa shape index (κ1) is 23.4. The molecule has 1 saturated carbocycles. The second-order valence-corrected chi connectivity index (χ2v) is 9.80. The van der Waals surface area contributed by atoms with Crippen LogP contribution in [0.1, 0.15) is 78.3 Å². The molecular weight excluding hydrogens is 412 g/mol. The molecule has 6 nitrogen and oxygen atoms in total. The summed E-state index contributed by atoms with van der Waals surface area (Å²) in [7, 11) is 0. The zero-order valence-electron chi connectivity index (χ0n) is 20.2. The number of rotatable bonds is 6. The number of nitrogens with zero attached hydrogens (tertiary/aromatic N) is 3. The first-order valence-electron chi connectivity index (χ1n) is 12.4. The number of aromatic nitrogens is 2. The lowest BCUT2D eigenvalue weighted by molar-refractivity contribution is -0.131. The van der Waals surface area contributed by atoms with E-state index in [1.807, 2.05) is 30.9 Å². The Bertz CT molecular complexity index is 973. The molecule has 4 rings (SSSR count). The summed E-state index contributed by atoms with van der Waals surface area (Å²) in [6.07, 6.45) is 7.27. The molecule has 0 spiro atoms. The van der Waals surface area contributed by atoms with Gasteiger partial charge in [-0.15, -0.1) is 0 Å². The van der Waals surface area contributed by atoms with E-state index >= 15 is 0 Å². The Balaban J connectivity index is 1.39. The van der Waals surface area contributed by atoms with E-state index in [4.69, 9.17) is 9.97 Å². The van der Waals surface area contributed by atoms with Crippen LogP contribution in [0.15, 0.2) is 24.3 Å². The van der Waals surface area contributed by atoms with Crippen LogP contribution >= 0.6 is 0 Å². The Morgan fingerprint density at radius 1 is 0.939 bits per heavy atom. The number of likely N-dealkylation sites (tertiary alicyclic amines) is 1. The average Bonchev–Trinajstić information content (AvgIpc) is 3.30. The summed E-state index contributed by atoms with van der Waals surface area (Å²) in [6, 6.07) is 8.50. The highest BCUT2D eigenvalue weighted by atomic mass is 16.2. The van der Waals surface area contributed by atoms with Crippen LogP contribution < -0.4 is 5.32 Å². The number of benzene rings is 1. The van der Waals surface area contributed by atoms with Gasteiger partial charge in [-0.2, -0.15) is 0 Å². The van der Waals surface area contributed by atoms with Gasteiger partial charge in [0, 0.05) is 42.0 Å². The van der Waals surface area contributed by atoms with Gasteiger partial charge in [0.05, 0.1) is 12.8 Å². The van der Waals surface area contributed by atoms with Crippen LogP contribution in [0.25, 0.3) is 0 Å². The lowest BCUT2D eigenvalue weighted by atomic mass is 9.95. The Morgan fingerprint density at radius 2 is 1.61 bits per heavy atom. The number of carbonyl (C=O) groups excluding carboxylic acids is 2. The molecule has 1 saturated heterocycles. The van der Waals surface area contributed by atoms with Crippen molar-refractivity contribution in [2.45, 2.75) is 84.1 Å². The molecular formula is C27H36N4O2. The van der Waals surface area contributed by atoms with Crippen molar-refractivity contribution in [2.24, 2.45) is 0 Å². The van der Waals surface area contributed by atoms with Gasteiger partial charge in [0.15, 0.2) is 0 Å². The van der Waals surface area contributed by atoms with Crippen molar-refractivity contribution in [1.82, 2.24) is 20.2 Å². The van der Waals surface area contributed by atoms with Gasteiger partial charge in [-0.25, -0.2) is 9.97 Å². The normalized spacial score (nSPS) is 19.0. The molecule has 1 aliphatic heterocycles. The second kappa shape index (κ2) is 10.4. The van der Waals surface area contributed by atoms with Crippen molar-refractivity contribution in [2.75, 3.05) is 13.1 Å². The summed E-state index contributed by atoms with van der Waals surface area (Å²) >= 11 is 0. The molecule has 2 aliphatic rings. The molecule has 2 amide bonds. The first-order chi connectivity index (χ1) is 15.9. The number of hydrogen-bond donors (Lipinski definition) is 1. The number of piperidine rings is 1. The molecule has 2 fully saturated rings. The Hall–Kier alpha value is -2.76. The first-order valence-corrected chi connectivity index (χ1v) is 12.4. The van der Waals surface area contributed by atoms with E-state index in [0.717, 1.165) is 60.6 Å². The van der Waals surface area contributed by atoms with E-state index in [-0.39, 0.29) is 17.7 Å². The third kappa shape index (κ3) is 5.98. The lowest BCUT2D eigenvalue weighted by Crippen LogP contribution is -2.40. The van der Waals surface area contributed by atoms with E-state index < -0.39 is 0 Å². The molecule has 2 heterocycles. The van der Waals surface area contributed by atoms with Crippen LogP contribution in [-0.2, 0) is 22.4 Å². The highest BCUT2D eigenvalue weighted by molar-refractivity contribution is 5.79. The van der Waals surface area contributed by atoms with Crippen LogP contribution in [0.2, 0.25) is 0 Å². The van der Waals surface area contributed by atoms with E-state index in [1.54, 1.807) is 0 Å². The molecule has 176 valence electrons. The average molecular weight is 449 g/mol. The van der Waals surface area contributed by atoms with Gasteiger partial charge in [0.2, 0.25) is 11.8 Å². The van der Waals surface area contributed by atoms with Gasteiger partial charge in [-0.3, -0.25) is 9.59 Å². The number of nitrogens with one attached hydrogen (secondary N) is 1. The minimum absolute atomic E-state index is 0.0648. The van der Waals surface area contributed by atoms with Gasteiger partial charge >= 0.3 is 0 Å². The third-order valence-electron chi connectivity index (χ3n) is 7.11. The fourth-order valence-corrected chi connectivity index (χ4v) is 5.12. The van der Waals surface area contributed by atoms with Crippen LogP contribution in [0.3, 0.4) is 0 Å². The smallest absolute Gasteiger partial charge is 0.227 e. The van der Waals surface area contributed by atoms with Crippen molar-refractivity contribution in [1.29, 1.82) is 0 Å². The van der Waals surface area contributed by atoms with E-state index in [0.29, 0.717) is 25.4 Å². The minimum Gasteiger partial charge on any atom is -0.353 e. The lowest BCUT2D eigenvalue weighted by Gasteiger charge is -2.32. The maximum absolute atomic E-state index is 12.9. The fourth-order valence-electron chi connectivity index (χ4n) is 5.12. The number of hydrogen-bond acceptors (Lipinski definition) is 4. The van der Waals surface area contributed by atoms with Crippen molar-refractivity contribution in [3.63, 3.8) is 0 Å². The number of aryl methyl sites for hydroxylation is 3. The van der Waals surface area contributed by atoms with Gasteiger partial charge in [0.1, 0.15) is 5.82 Å². The molecule has 1 N–H and O–H groups in total. The highest BCUT2D eigenvalue weighted by Crippen LogP contribution is 2.27. The molecule has 1 atom stereocenters. The molecule has 2 aromatic rings. The monoisotopic (exact) mass is 448 g/mol. The summed E-state index contributed by atoms with van der Waals surface area (Å²) in [5.41, 5.74) is 4.93. The molecule has 0 radical (unpaired) electrons. The highest BCUT2D eigenvalue weighted by Gasteiger charge is 2.28. The topological polar surface area (TPSA) is 75.2 Å². The van der Waals surface area contributed by atoms with Gasteiger partial charge in [-0.05, 0) is 52.0 Å². The molecule has 0 unspecified atom stereocenters. The van der Waals surface area contributed by atoms with E-state index in [2.05, 4.69) is 24.4 Å². The Labute approximate surface area is 197 Å². The van der Waals surface area contributed by atoms with Crippen molar-refractivity contribution < 1.29 is 9.59 Å². The minimum atomic E-state index is 0.0648. The predicted molar refractivity (Wildman–Crippen MR) is 129 cm³/mol. The van der Waals surface area contributed by atoms with Crippen LogP contribution in [-0.4, -0.2) is 45.8 Å². The van der Waals surface area contributed by atoms with Gasteiger partial charge in [0.25, 0.3) is 0 Å². The zero-order chi connectivity index (χ0) is 23.4. The summed E-state index contributed by atoms with van der Waals surface area (Å²) in [5.74, 6) is 1.17. The summed E-state index contributed by atoms with van der Waals surface area (Å²) in [6.45, 7) is 7.45. The third-order valence-corrected chi connectivity index (χ3v) is 7.11. The van der Waals surface area contributed by atoms with E-state index in [9.17, 15) is 9.59 Å². The standard InChI is InChI=1S/C27H36N4O2/c1-18-10-12-21(13-11-18)15-26(33)31-14-6-7-22(17-31)27-28-19(2)24(20(3)29-27)16-25(32)30-23-8-4-5-9-23/h10-13,22-23H,4-9,14-17H2,1-3H3,(H,30,32)/t22-/m1/s1. The zero-order valence-corrected chi connectivity index (χ0v) is 20.2. The SMILES string of the molecule is Cc1ccc(CC(=O)N2CCC[C@@H](c3nc(C)c(CC(=O)NC4CCCC4)c(C)n3)C2)cc1. The molecule has 1 aliphatic carbocycles. The Morgan fingerprint density at radius 3 is 2.27 bits per heavy atom. The van der Waals surface area contributed by atoms with Gasteiger partial charge < -0.3 is 10.2 Å². The van der Waals surface area contributed by atoms with Gasteiger partial charge in [-0.1, -0.05) is 42.7 Å². The molecule has 1 aromatic carbocycles. The maximum atomic E-state index is 12.9. The fraction of sp³-hybridized carbons (Fsp3) is 0.556. The number of amides is 2. The van der Waals surface area contributed by atoms with Crippen molar-refractivity contribution >= 4 is 11.8 Å². The van der Waals surface area contributed by atoms with Crippen molar-refractivity contribution in [3.8, 4) is 0 Å². The maximum Gasteiger partial charge on any atom is 0.227 e. The van der Waals surface area contributed by atoms with Crippen LogP contribution in [0.4, 0.5) is 0 Å². The largest absolute Gasteiger partial charge is 0.353 e. The molecule has 1 aromatic heterocycles. The van der Waals surface area contributed by atoms with Crippen LogP contribution in [0.5, 0.6) is 0 Å². The van der Waals surface area contributed by atoms with E-state index in [1.165, 1.54) is 18.4 Å². The van der Waals surface area contributed by atoms with Crippen LogP contribution in [0, 0.1) is 20.8 Å². The predicted octanol–water partition coefficient (Wildman–Crippen LogP) is 3.95. The summed E-state index contributed by atoms with van der Waals surface area (Å²) < 4.78 is 0. The summed E-state index contributed by atoms with van der Waals surface area (Å²) in [5, 5.41) is 3.16.